The van der Waals surface area contributed by atoms with Crippen molar-refractivity contribution < 1.29 is 14.0 Å². The summed E-state index contributed by atoms with van der Waals surface area (Å²) < 4.78 is 12.3. The van der Waals surface area contributed by atoms with E-state index in [-0.39, 0.29) is 23.3 Å². The molecule has 5 heteroatoms. The molecule has 0 aromatic heterocycles. The molecular weight excluding hydrogens is 390 g/mol. The first-order valence-corrected chi connectivity index (χ1v) is 14.1. The highest BCUT2D eigenvalue weighted by Gasteiger charge is 2.42. The van der Waals surface area contributed by atoms with Crippen molar-refractivity contribution in [3.05, 3.63) is 48.0 Å². The molecule has 0 aliphatic heterocycles. The van der Waals surface area contributed by atoms with Gasteiger partial charge in [-0.3, -0.25) is 4.90 Å². The molecule has 0 saturated heterocycles. The molecule has 0 unspecified atom stereocenters. The molecule has 1 aromatic rings. The van der Waals surface area contributed by atoms with Crippen LogP contribution in [0.1, 0.15) is 60.5 Å². The maximum Gasteiger partial charge on any atom is 0.410 e. The van der Waals surface area contributed by atoms with Crippen molar-refractivity contribution in [1.82, 2.24) is 4.90 Å². The predicted molar refractivity (Wildman–Crippen MR) is 129 cm³/mol. The maximum absolute atomic E-state index is 13.1. The molecular formula is C25H43NO3Si. The summed E-state index contributed by atoms with van der Waals surface area (Å²) in [4.78, 5) is 14.9. The number of hydrogen-bond donors (Lipinski definition) is 0. The van der Waals surface area contributed by atoms with E-state index < -0.39 is 8.32 Å². The summed E-state index contributed by atoms with van der Waals surface area (Å²) in [5.74, 6) is 0.415. The summed E-state index contributed by atoms with van der Waals surface area (Å²) in [6.07, 6.45) is 4.54. The fourth-order valence-electron chi connectivity index (χ4n) is 3.18. The zero-order chi connectivity index (χ0) is 22.9. The molecule has 1 rings (SSSR count). The monoisotopic (exact) mass is 433 g/mol. The van der Waals surface area contributed by atoms with E-state index >= 15 is 0 Å². The lowest BCUT2D eigenvalue weighted by atomic mass is 9.97. The molecule has 4 nitrogen and oxygen atoms in total. The van der Waals surface area contributed by atoms with Crippen molar-refractivity contribution in [1.29, 1.82) is 0 Å². The Bertz CT molecular complexity index is 665. The standard InChI is InChI=1S/C25H43NO3Si/c1-10-15-23(29-30(8,9)25(5,6)7)22(18-20(3)4)26(24(27)28-11-2)19-21-16-13-12-14-17-21/h10,12-17,20,22-23H,11,18-19H2,1-9H3/b15-10+/t22-,23-/m1/s1. The Morgan fingerprint density at radius 2 is 1.77 bits per heavy atom. The third kappa shape index (κ3) is 7.92. The number of nitrogens with zero attached hydrogens (tertiary/aromatic N) is 1. The molecule has 0 aliphatic rings. The van der Waals surface area contributed by atoms with E-state index in [0.717, 1.165) is 12.0 Å². The van der Waals surface area contributed by atoms with Crippen molar-refractivity contribution in [2.24, 2.45) is 5.92 Å². The molecule has 170 valence electrons. The lowest BCUT2D eigenvalue weighted by Crippen LogP contribution is -2.53. The molecule has 0 radical (unpaired) electrons. The predicted octanol–water partition coefficient (Wildman–Crippen LogP) is 7.03. The highest BCUT2D eigenvalue weighted by Crippen LogP contribution is 2.38. The quantitative estimate of drug-likeness (QED) is 0.294. The summed E-state index contributed by atoms with van der Waals surface area (Å²) in [5.41, 5.74) is 1.09. The fourth-order valence-corrected chi connectivity index (χ4v) is 4.45. The summed E-state index contributed by atoms with van der Waals surface area (Å²) >= 11 is 0. The highest BCUT2D eigenvalue weighted by atomic mass is 28.4. The van der Waals surface area contributed by atoms with Crippen molar-refractivity contribution in [3.63, 3.8) is 0 Å². The van der Waals surface area contributed by atoms with Gasteiger partial charge in [0.05, 0.1) is 18.8 Å². The molecule has 30 heavy (non-hydrogen) atoms. The molecule has 0 spiro atoms. The van der Waals surface area contributed by atoms with Crippen LogP contribution in [0.15, 0.2) is 42.5 Å². The molecule has 1 aromatic carbocycles. The maximum atomic E-state index is 13.1. The zero-order valence-electron chi connectivity index (χ0n) is 20.6. The van der Waals surface area contributed by atoms with Crippen molar-refractivity contribution >= 4 is 14.4 Å². The first-order valence-electron chi connectivity index (χ1n) is 11.2. The summed E-state index contributed by atoms with van der Waals surface area (Å²) in [6, 6.07) is 10.0. The van der Waals surface area contributed by atoms with Crippen LogP contribution in [-0.2, 0) is 15.7 Å². The third-order valence-electron chi connectivity index (χ3n) is 5.81. The van der Waals surface area contributed by atoms with E-state index in [2.05, 4.69) is 65.9 Å². The van der Waals surface area contributed by atoms with Crippen LogP contribution < -0.4 is 0 Å². The average Bonchev–Trinajstić information content (AvgIpc) is 2.64. The summed E-state index contributed by atoms with van der Waals surface area (Å²) in [7, 11) is -2.04. The Kier molecular flexibility index (Phi) is 10.3. The average molecular weight is 434 g/mol. The van der Waals surface area contributed by atoms with Gasteiger partial charge in [-0.05, 0) is 49.9 Å². The van der Waals surface area contributed by atoms with Crippen LogP contribution in [0.5, 0.6) is 0 Å². The molecule has 0 aliphatic carbocycles. The van der Waals surface area contributed by atoms with Crippen LogP contribution in [0.3, 0.4) is 0 Å². The van der Waals surface area contributed by atoms with E-state index in [9.17, 15) is 4.79 Å². The van der Waals surface area contributed by atoms with Crippen molar-refractivity contribution in [2.75, 3.05) is 6.61 Å². The Labute approximate surface area is 185 Å². The minimum atomic E-state index is -2.04. The van der Waals surface area contributed by atoms with E-state index in [1.807, 2.05) is 43.0 Å². The first kappa shape index (κ1) is 26.4. The van der Waals surface area contributed by atoms with Gasteiger partial charge in [0, 0.05) is 6.54 Å². The van der Waals surface area contributed by atoms with E-state index in [0.29, 0.717) is 19.1 Å². The topological polar surface area (TPSA) is 38.8 Å². The Morgan fingerprint density at radius 3 is 2.23 bits per heavy atom. The first-order chi connectivity index (χ1) is 13.9. The summed E-state index contributed by atoms with van der Waals surface area (Å²) in [5, 5.41) is 0.0867. The van der Waals surface area contributed by atoms with Gasteiger partial charge in [-0.15, -0.1) is 0 Å². The van der Waals surface area contributed by atoms with E-state index in [4.69, 9.17) is 9.16 Å². The smallest absolute Gasteiger partial charge is 0.410 e. The number of rotatable bonds is 10. The molecule has 0 bridgehead atoms. The number of carbonyl (C=O) groups is 1. The van der Waals surface area contributed by atoms with Crippen molar-refractivity contribution in [2.45, 2.75) is 91.7 Å². The van der Waals surface area contributed by atoms with Gasteiger partial charge in [0.25, 0.3) is 0 Å². The lowest BCUT2D eigenvalue weighted by Gasteiger charge is -2.43. The van der Waals surface area contributed by atoms with Gasteiger partial charge < -0.3 is 9.16 Å². The number of amides is 1. The Hall–Kier alpha value is -1.59. The zero-order valence-corrected chi connectivity index (χ0v) is 21.6. The normalized spacial score (nSPS) is 14.7. The minimum absolute atomic E-state index is 0.0867. The van der Waals surface area contributed by atoms with E-state index in [1.165, 1.54) is 0 Å². The van der Waals surface area contributed by atoms with Crippen LogP contribution in [0.25, 0.3) is 0 Å². The van der Waals surface area contributed by atoms with Crippen LogP contribution in [0.2, 0.25) is 18.1 Å². The van der Waals surface area contributed by atoms with E-state index in [1.54, 1.807) is 0 Å². The number of hydrogen-bond acceptors (Lipinski definition) is 3. The molecule has 0 fully saturated rings. The molecule has 0 heterocycles. The van der Waals surface area contributed by atoms with Crippen LogP contribution in [0.4, 0.5) is 4.79 Å². The SMILES string of the molecule is C/C=C/[C@@H](O[Si](C)(C)C(C)(C)C)[C@@H](CC(C)C)N(Cc1ccccc1)C(=O)OCC. The fraction of sp³-hybridized carbons (Fsp3) is 0.640. The summed E-state index contributed by atoms with van der Waals surface area (Å²) in [6.45, 7) is 20.4. The van der Waals surface area contributed by atoms with Crippen molar-refractivity contribution in [3.8, 4) is 0 Å². The van der Waals surface area contributed by atoms with Crippen LogP contribution >= 0.6 is 0 Å². The third-order valence-corrected chi connectivity index (χ3v) is 10.3. The minimum Gasteiger partial charge on any atom is -0.450 e. The van der Waals surface area contributed by atoms with Gasteiger partial charge >= 0.3 is 6.09 Å². The molecule has 0 saturated carbocycles. The second kappa shape index (κ2) is 11.7. The van der Waals surface area contributed by atoms with Gasteiger partial charge in [-0.2, -0.15) is 0 Å². The second-order valence-electron chi connectivity index (χ2n) is 9.88. The Balaban J connectivity index is 3.38. The lowest BCUT2D eigenvalue weighted by molar-refractivity contribution is 0.0442. The van der Waals surface area contributed by atoms with Gasteiger partial charge in [0.1, 0.15) is 0 Å². The van der Waals surface area contributed by atoms with Gasteiger partial charge in [0.15, 0.2) is 8.32 Å². The second-order valence-corrected chi connectivity index (χ2v) is 14.6. The van der Waals surface area contributed by atoms with Gasteiger partial charge in [0.2, 0.25) is 0 Å². The van der Waals surface area contributed by atoms with Gasteiger partial charge in [-0.1, -0.05) is 77.1 Å². The van der Waals surface area contributed by atoms with Gasteiger partial charge in [-0.25, -0.2) is 4.79 Å². The molecule has 0 N–H and O–H groups in total. The molecule has 2 atom stereocenters. The number of allylic oxidation sites excluding steroid dienone is 1. The molecule has 1 amide bonds. The van der Waals surface area contributed by atoms with Crippen LogP contribution in [-0.4, -0.2) is 38.1 Å². The number of carbonyl (C=O) groups excluding carboxylic acids is 1. The number of benzene rings is 1. The Morgan fingerprint density at radius 1 is 1.17 bits per heavy atom. The highest BCUT2D eigenvalue weighted by molar-refractivity contribution is 6.74. The number of ether oxygens (including phenoxy) is 1. The largest absolute Gasteiger partial charge is 0.450 e. The van der Waals surface area contributed by atoms with Crippen LogP contribution in [0, 0.1) is 5.92 Å².